The van der Waals surface area contributed by atoms with Crippen molar-refractivity contribution in [3.8, 4) is 0 Å². The van der Waals surface area contributed by atoms with Crippen LogP contribution in [0.5, 0.6) is 0 Å². The van der Waals surface area contributed by atoms with Gasteiger partial charge in [0.15, 0.2) is 0 Å². The molecule has 136 valence electrons. The molecule has 4 heteroatoms. The first-order chi connectivity index (χ1) is 11.3. The van der Waals surface area contributed by atoms with E-state index >= 15 is 0 Å². The van der Waals surface area contributed by atoms with Crippen LogP contribution in [0.2, 0.25) is 0 Å². The minimum Gasteiger partial charge on any atom is -0.393 e. The van der Waals surface area contributed by atoms with Gasteiger partial charge in [-0.25, -0.2) is 0 Å². The Balaban J connectivity index is 1.88. The largest absolute Gasteiger partial charge is 0.393 e. The summed E-state index contributed by atoms with van der Waals surface area (Å²) in [6.07, 6.45) is 1.64. The van der Waals surface area contributed by atoms with Crippen molar-refractivity contribution < 1.29 is 5.11 Å². The van der Waals surface area contributed by atoms with E-state index in [9.17, 15) is 5.11 Å². The third kappa shape index (κ3) is 5.76. The van der Waals surface area contributed by atoms with Crippen molar-refractivity contribution in [1.29, 1.82) is 0 Å². The van der Waals surface area contributed by atoms with E-state index in [1.165, 1.54) is 11.3 Å². The maximum atomic E-state index is 9.63. The van der Waals surface area contributed by atoms with Crippen molar-refractivity contribution in [2.45, 2.75) is 45.8 Å². The molecule has 0 amide bonds. The number of anilines is 1. The normalized spacial score (nSPS) is 18.2. The van der Waals surface area contributed by atoms with Crippen LogP contribution in [0.3, 0.4) is 0 Å². The first-order valence-electron chi connectivity index (χ1n) is 9.18. The molecular weight excluding hydrogens is 298 g/mol. The molecule has 0 saturated carbocycles. The molecule has 24 heavy (non-hydrogen) atoms. The van der Waals surface area contributed by atoms with Gasteiger partial charge in [-0.15, -0.1) is 0 Å². The van der Waals surface area contributed by atoms with Crippen LogP contribution < -0.4 is 10.2 Å². The molecule has 0 spiro atoms. The molecule has 4 nitrogen and oxygen atoms in total. The van der Waals surface area contributed by atoms with E-state index < -0.39 is 0 Å². The van der Waals surface area contributed by atoms with Gasteiger partial charge < -0.3 is 20.2 Å². The van der Waals surface area contributed by atoms with E-state index in [1.54, 1.807) is 0 Å². The molecule has 1 aliphatic rings. The van der Waals surface area contributed by atoms with Gasteiger partial charge in [0.25, 0.3) is 0 Å². The van der Waals surface area contributed by atoms with Crippen molar-refractivity contribution in [3.05, 3.63) is 29.8 Å². The summed E-state index contributed by atoms with van der Waals surface area (Å²) in [5, 5.41) is 13.3. The van der Waals surface area contributed by atoms with Crippen molar-refractivity contribution >= 4 is 5.69 Å². The van der Waals surface area contributed by atoms with E-state index in [4.69, 9.17) is 0 Å². The lowest BCUT2D eigenvalue weighted by Crippen LogP contribution is -2.38. The molecule has 1 saturated heterocycles. The van der Waals surface area contributed by atoms with Crippen LogP contribution in [-0.2, 0) is 0 Å². The van der Waals surface area contributed by atoms with Gasteiger partial charge in [0, 0.05) is 37.9 Å². The fraction of sp³-hybridized carbons (Fsp3) is 0.700. The molecule has 1 aromatic carbocycles. The Morgan fingerprint density at radius 2 is 1.79 bits per heavy atom. The van der Waals surface area contributed by atoms with Gasteiger partial charge in [-0.1, -0.05) is 26.0 Å². The Hall–Kier alpha value is -1.10. The number of nitrogens with zero attached hydrogens (tertiary/aromatic N) is 2. The molecule has 0 radical (unpaired) electrons. The van der Waals surface area contributed by atoms with Crippen molar-refractivity contribution in [3.63, 3.8) is 0 Å². The minimum absolute atomic E-state index is 0.115. The SMILES string of the molecule is CC(NCC(C)(C)CN(C)C)c1ccc(N2CCC(O)CC2)cc1. The molecule has 2 rings (SSSR count). The van der Waals surface area contributed by atoms with Gasteiger partial charge in [0.05, 0.1) is 6.10 Å². The van der Waals surface area contributed by atoms with Crippen LogP contribution in [0, 0.1) is 5.41 Å². The monoisotopic (exact) mass is 333 g/mol. The summed E-state index contributed by atoms with van der Waals surface area (Å²) < 4.78 is 0. The lowest BCUT2D eigenvalue weighted by Gasteiger charge is -2.32. The highest BCUT2D eigenvalue weighted by molar-refractivity contribution is 5.48. The number of nitrogens with one attached hydrogen (secondary N) is 1. The Morgan fingerprint density at radius 1 is 1.21 bits per heavy atom. The first-order valence-corrected chi connectivity index (χ1v) is 9.18. The third-order valence-electron chi connectivity index (χ3n) is 4.85. The second-order valence-corrected chi connectivity index (χ2v) is 8.31. The lowest BCUT2D eigenvalue weighted by molar-refractivity contribution is 0.145. The van der Waals surface area contributed by atoms with E-state index in [-0.39, 0.29) is 11.5 Å². The highest BCUT2D eigenvalue weighted by Gasteiger charge is 2.20. The van der Waals surface area contributed by atoms with Crippen LogP contribution >= 0.6 is 0 Å². The van der Waals surface area contributed by atoms with Crippen molar-refractivity contribution in [1.82, 2.24) is 10.2 Å². The number of hydrogen-bond acceptors (Lipinski definition) is 4. The van der Waals surface area contributed by atoms with Crippen LogP contribution in [0.25, 0.3) is 0 Å². The molecule has 1 unspecified atom stereocenters. The van der Waals surface area contributed by atoms with Gasteiger partial charge in [-0.3, -0.25) is 0 Å². The number of hydrogen-bond donors (Lipinski definition) is 2. The summed E-state index contributed by atoms with van der Waals surface area (Å²) in [5.41, 5.74) is 2.86. The Kier molecular flexibility index (Phi) is 6.67. The standard InChI is InChI=1S/C20H35N3O/c1-16(21-14-20(2,3)15-22(4)5)17-6-8-18(9-7-17)23-12-10-19(24)11-13-23/h6-9,16,19,21,24H,10-15H2,1-5H3. The van der Waals surface area contributed by atoms with Gasteiger partial charge in [-0.05, 0) is 57.0 Å². The minimum atomic E-state index is -0.115. The van der Waals surface area contributed by atoms with Crippen LogP contribution in [-0.4, -0.2) is 56.4 Å². The molecule has 2 N–H and O–H groups in total. The number of piperidine rings is 1. The summed E-state index contributed by atoms with van der Waals surface area (Å²) in [6.45, 7) is 10.8. The van der Waals surface area contributed by atoms with Gasteiger partial charge in [0.1, 0.15) is 0 Å². The molecule has 0 aromatic heterocycles. The summed E-state index contributed by atoms with van der Waals surface area (Å²) in [6, 6.07) is 9.25. The number of aliphatic hydroxyl groups is 1. The second kappa shape index (κ2) is 8.32. The number of benzene rings is 1. The Bertz CT molecular complexity index is 490. The van der Waals surface area contributed by atoms with Crippen molar-refractivity contribution in [2.24, 2.45) is 5.41 Å². The van der Waals surface area contributed by atoms with E-state index in [2.05, 4.69) is 74.2 Å². The average Bonchev–Trinajstić information content (AvgIpc) is 2.52. The van der Waals surface area contributed by atoms with Gasteiger partial charge >= 0.3 is 0 Å². The van der Waals surface area contributed by atoms with E-state index in [0.29, 0.717) is 6.04 Å². The van der Waals surface area contributed by atoms with Crippen LogP contribution in [0.4, 0.5) is 5.69 Å². The molecule has 1 heterocycles. The fourth-order valence-corrected chi connectivity index (χ4v) is 3.56. The lowest BCUT2D eigenvalue weighted by atomic mass is 9.92. The van der Waals surface area contributed by atoms with E-state index in [0.717, 1.165) is 39.0 Å². The number of aliphatic hydroxyl groups excluding tert-OH is 1. The van der Waals surface area contributed by atoms with Gasteiger partial charge in [-0.2, -0.15) is 0 Å². The second-order valence-electron chi connectivity index (χ2n) is 8.31. The zero-order valence-corrected chi connectivity index (χ0v) is 16.0. The number of rotatable bonds is 7. The summed E-state index contributed by atoms with van der Waals surface area (Å²) in [7, 11) is 4.26. The van der Waals surface area contributed by atoms with Crippen LogP contribution in [0.15, 0.2) is 24.3 Å². The maximum absolute atomic E-state index is 9.63. The smallest absolute Gasteiger partial charge is 0.0574 e. The average molecular weight is 334 g/mol. The summed E-state index contributed by atoms with van der Waals surface area (Å²) in [5.74, 6) is 0. The Morgan fingerprint density at radius 3 is 2.33 bits per heavy atom. The first kappa shape index (κ1) is 19.2. The zero-order valence-electron chi connectivity index (χ0n) is 16.0. The van der Waals surface area contributed by atoms with Crippen molar-refractivity contribution in [2.75, 3.05) is 45.2 Å². The quantitative estimate of drug-likeness (QED) is 0.805. The molecule has 1 aliphatic heterocycles. The molecule has 1 atom stereocenters. The Labute approximate surface area is 147 Å². The zero-order chi connectivity index (χ0) is 17.7. The highest BCUT2D eigenvalue weighted by Crippen LogP contribution is 2.23. The highest BCUT2D eigenvalue weighted by atomic mass is 16.3. The third-order valence-corrected chi connectivity index (χ3v) is 4.85. The van der Waals surface area contributed by atoms with Gasteiger partial charge in [0.2, 0.25) is 0 Å². The van der Waals surface area contributed by atoms with Crippen LogP contribution in [0.1, 0.15) is 45.2 Å². The predicted octanol–water partition coefficient (Wildman–Crippen LogP) is 2.89. The van der Waals surface area contributed by atoms with E-state index in [1.807, 2.05) is 0 Å². The molecule has 0 aliphatic carbocycles. The molecule has 1 aromatic rings. The maximum Gasteiger partial charge on any atom is 0.0574 e. The summed E-state index contributed by atoms with van der Waals surface area (Å²) in [4.78, 5) is 4.62. The predicted molar refractivity (Wildman–Crippen MR) is 103 cm³/mol. The molecule has 0 bridgehead atoms. The summed E-state index contributed by atoms with van der Waals surface area (Å²) >= 11 is 0. The fourth-order valence-electron chi connectivity index (χ4n) is 3.56. The molecule has 1 fully saturated rings. The molecular formula is C20H35N3O. The topological polar surface area (TPSA) is 38.7 Å².